The molecule has 7 unspecified atom stereocenters. The van der Waals surface area contributed by atoms with Gasteiger partial charge in [-0.25, -0.2) is 0 Å². The third-order valence-corrected chi connectivity index (χ3v) is 15.7. The number of carbonyl (C=O) groups excluding carboxylic acids is 2. The van der Waals surface area contributed by atoms with E-state index in [1.54, 1.807) is 6.08 Å². The van der Waals surface area contributed by atoms with E-state index >= 15 is 0 Å². The predicted octanol–water partition coefficient (Wildman–Crippen LogP) is 16.4. The number of aliphatic hydroxyl groups excluding tert-OH is 5. The normalized spacial score (nSPS) is 18.7. The Morgan fingerprint density at radius 3 is 1.33 bits per heavy atom. The Morgan fingerprint density at radius 1 is 0.481 bits per heavy atom. The fourth-order valence-corrected chi connectivity index (χ4v) is 10.5. The van der Waals surface area contributed by atoms with Crippen molar-refractivity contribution in [3.63, 3.8) is 0 Å². The zero-order valence-electron chi connectivity index (χ0n) is 51.1. The van der Waals surface area contributed by atoms with Crippen LogP contribution in [0.2, 0.25) is 0 Å². The molecule has 79 heavy (non-hydrogen) atoms. The minimum atomic E-state index is -1.58. The van der Waals surface area contributed by atoms with Gasteiger partial charge < -0.3 is 45.1 Å². The summed E-state index contributed by atoms with van der Waals surface area (Å²) in [6.45, 7) is 4.11. The van der Waals surface area contributed by atoms with E-state index in [9.17, 15) is 35.1 Å². The van der Waals surface area contributed by atoms with E-state index in [2.05, 4.69) is 42.6 Å². The number of hydrogen-bond acceptors (Lipinski definition) is 10. The van der Waals surface area contributed by atoms with E-state index in [4.69, 9.17) is 14.2 Å². The second-order valence-electron chi connectivity index (χ2n) is 23.2. The van der Waals surface area contributed by atoms with Crippen LogP contribution in [0.25, 0.3) is 0 Å². The number of allylic oxidation sites excluding steroid dienone is 7. The maximum Gasteiger partial charge on any atom is 0.305 e. The van der Waals surface area contributed by atoms with Gasteiger partial charge in [-0.2, -0.15) is 0 Å². The van der Waals surface area contributed by atoms with Crippen LogP contribution in [0.4, 0.5) is 0 Å². The van der Waals surface area contributed by atoms with Gasteiger partial charge in [-0.1, -0.05) is 267 Å². The lowest BCUT2D eigenvalue weighted by Gasteiger charge is -2.40. The molecule has 0 saturated carbocycles. The number of ether oxygens (including phenoxy) is 3. The number of nitrogens with one attached hydrogen (secondary N) is 1. The van der Waals surface area contributed by atoms with E-state index in [1.165, 1.54) is 225 Å². The first kappa shape index (κ1) is 74.6. The molecule has 0 spiro atoms. The summed E-state index contributed by atoms with van der Waals surface area (Å²) in [6.07, 6.45) is 64.2. The number of aliphatic hydroxyl groups is 5. The first-order valence-electron chi connectivity index (χ1n) is 33.4. The van der Waals surface area contributed by atoms with Gasteiger partial charge in [-0.05, 0) is 77.6 Å². The van der Waals surface area contributed by atoms with Gasteiger partial charge >= 0.3 is 5.97 Å². The number of esters is 1. The van der Waals surface area contributed by atoms with Crippen LogP contribution in [-0.2, 0) is 23.8 Å². The zero-order chi connectivity index (χ0) is 57.3. The van der Waals surface area contributed by atoms with Crippen LogP contribution in [0.5, 0.6) is 0 Å². The van der Waals surface area contributed by atoms with E-state index in [1.807, 2.05) is 19.1 Å². The number of carbonyl (C=O) groups is 2. The highest BCUT2D eigenvalue weighted by atomic mass is 16.7. The van der Waals surface area contributed by atoms with Crippen molar-refractivity contribution in [2.24, 2.45) is 0 Å². The minimum absolute atomic E-state index is 0.00879. The van der Waals surface area contributed by atoms with Gasteiger partial charge in [-0.3, -0.25) is 9.59 Å². The molecule has 462 valence electrons. The maximum atomic E-state index is 13.0. The van der Waals surface area contributed by atoms with Gasteiger partial charge in [0.15, 0.2) is 6.29 Å². The molecule has 1 amide bonds. The van der Waals surface area contributed by atoms with Crippen LogP contribution in [-0.4, -0.2) is 100 Å². The monoisotopic (exact) mass is 1120 g/mol. The molecule has 0 radical (unpaired) electrons. The Hall–Kier alpha value is -2.38. The fourth-order valence-electron chi connectivity index (χ4n) is 10.5. The van der Waals surface area contributed by atoms with Gasteiger partial charge in [0.1, 0.15) is 24.4 Å². The number of unbranched alkanes of at least 4 members (excludes halogenated alkanes) is 39. The van der Waals surface area contributed by atoms with Crippen LogP contribution in [0.1, 0.15) is 309 Å². The standard InChI is InChI=1S/C68H125NO10/c1-3-5-7-9-11-13-35-40-44-48-52-56-64(73)77-57-53-49-45-41-37-34-32-30-28-26-24-22-20-18-16-14-15-17-19-21-23-25-27-29-31-33-36-39-43-47-51-55-63(72)69-60(61(71)54-50-46-42-38-12-10-8-6-4-2)59-78-68-67(76)66(75)65(74)62(58-70)79-68/h4,6,12,16,18,38,50,54,60-62,65-68,70-71,74-76H,3,5,7-11,13-15,17,19-37,39-49,51-53,55-59H2,1-2H3,(H,69,72)/b6-4+,18-16-,38-12+,54-50+. The average molecular weight is 1120 g/mol. The lowest BCUT2D eigenvalue weighted by Crippen LogP contribution is -2.60. The Labute approximate surface area is 485 Å². The molecule has 0 aliphatic carbocycles. The molecule has 1 saturated heterocycles. The third kappa shape index (κ3) is 46.8. The van der Waals surface area contributed by atoms with Crippen molar-refractivity contribution in [3.05, 3.63) is 48.6 Å². The van der Waals surface area contributed by atoms with E-state index in [0.717, 1.165) is 57.8 Å². The Morgan fingerprint density at radius 2 is 0.873 bits per heavy atom. The topological polar surface area (TPSA) is 175 Å². The summed E-state index contributed by atoms with van der Waals surface area (Å²) in [7, 11) is 0. The van der Waals surface area contributed by atoms with Crippen molar-refractivity contribution in [2.75, 3.05) is 19.8 Å². The van der Waals surface area contributed by atoms with Crippen molar-refractivity contribution in [2.45, 2.75) is 352 Å². The summed E-state index contributed by atoms with van der Waals surface area (Å²) < 4.78 is 16.7. The predicted molar refractivity (Wildman–Crippen MR) is 329 cm³/mol. The number of rotatable bonds is 58. The first-order valence-corrected chi connectivity index (χ1v) is 33.4. The maximum absolute atomic E-state index is 13.0. The van der Waals surface area contributed by atoms with E-state index in [-0.39, 0.29) is 18.5 Å². The molecular formula is C68H125NO10. The van der Waals surface area contributed by atoms with Gasteiger partial charge in [-0.15, -0.1) is 0 Å². The Kier molecular flexibility index (Phi) is 54.3. The van der Waals surface area contributed by atoms with Gasteiger partial charge in [0.2, 0.25) is 5.91 Å². The van der Waals surface area contributed by atoms with Gasteiger partial charge in [0, 0.05) is 12.8 Å². The molecule has 1 aliphatic rings. The van der Waals surface area contributed by atoms with Crippen LogP contribution in [0, 0.1) is 0 Å². The highest BCUT2D eigenvalue weighted by molar-refractivity contribution is 5.76. The molecular weight excluding hydrogens is 991 g/mol. The summed E-state index contributed by atoms with van der Waals surface area (Å²) in [4.78, 5) is 25.0. The van der Waals surface area contributed by atoms with Crippen molar-refractivity contribution >= 4 is 11.9 Å². The lowest BCUT2D eigenvalue weighted by atomic mass is 9.99. The Bertz CT molecular complexity index is 1450. The van der Waals surface area contributed by atoms with Crippen LogP contribution in [0.3, 0.4) is 0 Å². The first-order chi connectivity index (χ1) is 38.7. The molecule has 0 aromatic rings. The molecule has 0 aromatic heterocycles. The highest BCUT2D eigenvalue weighted by Gasteiger charge is 2.44. The molecule has 6 N–H and O–H groups in total. The molecule has 1 rings (SSSR count). The number of amides is 1. The zero-order valence-corrected chi connectivity index (χ0v) is 51.1. The van der Waals surface area contributed by atoms with Gasteiger partial charge in [0.05, 0.1) is 32.0 Å². The number of hydrogen-bond donors (Lipinski definition) is 6. The Balaban J connectivity index is 1.93. The van der Waals surface area contributed by atoms with Crippen LogP contribution >= 0.6 is 0 Å². The summed E-state index contributed by atoms with van der Waals surface area (Å²) in [6, 6.07) is -0.832. The molecule has 1 aliphatic heterocycles. The molecule has 0 aromatic carbocycles. The van der Waals surface area contributed by atoms with Gasteiger partial charge in [0.25, 0.3) is 0 Å². The van der Waals surface area contributed by atoms with Crippen molar-refractivity contribution in [1.29, 1.82) is 0 Å². The SMILES string of the molecule is C/C=C/CC/C=C/CC/C=C/C(O)C(COC1OC(CO)C(O)C(O)C1O)NC(=O)CCCCCCCCCCCCCCCCC/C=C\CCCCCCCCCCCCCCOC(=O)CCCCCCCCCCCCC. The van der Waals surface area contributed by atoms with Crippen molar-refractivity contribution < 1.29 is 49.3 Å². The van der Waals surface area contributed by atoms with E-state index in [0.29, 0.717) is 19.4 Å². The fraction of sp³-hybridized carbons (Fsp3) is 0.853. The van der Waals surface area contributed by atoms with Crippen molar-refractivity contribution in [3.8, 4) is 0 Å². The van der Waals surface area contributed by atoms with Crippen LogP contribution in [0.15, 0.2) is 48.6 Å². The summed E-state index contributed by atoms with van der Waals surface area (Å²) in [5.74, 6) is -0.188. The molecule has 7 atom stereocenters. The smallest absolute Gasteiger partial charge is 0.305 e. The molecule has 11 heteroatoms. The summed E-state index contributed by atoms with van der Waals surface area (Å²) in [5, 5.41) is 54.2. The highest BCUT2D eigenvalue weighted by Crippen LogP contribution is 2.23. The minimum Gasteiger partial charge on any atom is -0.466 e. The second kappa shape index (κ2) is 57.4. The lowest BCUT2D eigenvalue weighted by molar-refractivity contribution is -0.302. The van der Waals surface area contributed by atoms with E-state index < -0.39 is 49.5 Å². The third-order valence-electron chi connectivity index (χ3n) is 15.7. The molecule has 0 bridgehead atoms. The largest absolute Gasteiger partial charge is 0.466 e. The van der Waals surface area contributed by atoms with Crippen LogP contribution < -0.4 is 5.32 Å². The molecule has 1 heterocycles. The van der Waals surface area contributed by atoms with Crippen molar-refractivity contribution in [1.82, 2.24) is 5.32 Å². The molecule has 11 nitrogen and oxygen atoms in total. The second-order valence-corrected chi connectivity index (χ2v) is 23.2. The molecule has 1 fully saturated rings. The quantitative estimate of drug-likeness (QED) is 0.0195. The average Bonchev–Trinajstić information content (AvgIpc) is 3.49. The summed E-state index contributed by atoms with van der Waals surface area (Å²) >= 11 is 0. The summed E-state index contributed by atoms with van der Waals surface area (Å²) in [5.41, 5.74) is 0.